The zero-order valence-corrected chi connectivity index (χ0v) is 21.0. The summed E-state index contributed by atoms with van der Waals surface area (Å²) >= 11 is 0. The molecular weight excluding hydrogens is 448 g/mol. The van der Waals surface area contributed by atoms with Gasteiger partial charge in [0.15, 0.2) is 5.78 Å². The third-order valence-electron chi connectivity index (χ3n) is 7.09. The van der Waals surface area contributed by atoms with Crippen LogP contribution in [0.1, 0.15) is 53.4 Å². The van der Waals surface area contributed by atoms with Gasteiger partial charge in [-0.05, 0) is 61.7 Å². The molecule has 2 aliphatic heterocycles. The molecule has 1 atom stereocenters. The Morgan fingerprint density at radius 1 is 1.06 bits per heavy atom. The number of benzene rings is 2. The van der Waals surface area contributed by atoms with Gasteiger partial charge in [-0.1, -0.05) is 49.4 Å². The van der Waals surface area contributed by atoms with Crippen molar-refractivity contribution in [2.45, 2.75) is 45.2 Å². The molecule has 0 bridgehead atoms. The lowest BCUT2D eigenvalue weighted by molar-refractivity contribution is 0.0998. The number of Topliss-reactive ketones (excluding diaryl/α,β-unsaturated/α-hetero) is 1. The molecule has 1 aromatic heterocycles. The minimum Gasteiger partial charge on any atom is -0.488 e. The Balaban J connectivity index is 1.20. The zero-order chi connectivity index (χ0) is 24.7. The molecular formula is C30H34N4O2. The highest BCUT2D eigenvalue weighted by molar-refractivity contribution is 6.16. The van der Waals surface area contributed by atoms with Crippen LogP contribution in [-0.4, -0.2) is 53.7 Å². The molecule has 1 saturated heterocycles. The fraction of sp³-hybridized carbons (Fsp3) is 0.367. The van der Waals surface area contributed by atoms with Crippen LogP contribution in [0, 0.1) is 0 Å². The SMILES string of the molecule is CCN1CCC[C@@H]1CNCc1nccc2c1N=C(COc1ccc(Cc3ccccc3)cc1)CC2=O. The maximum atomic E-state index is 12.9. The van der Waals surface area contributed by atoms with Crippen LogP contribution >= 0.6 is 0 Å². The first-order valence-electron chi connectivity index (χ1n) is 13.0. The van der Waals surface area contributed by atoms with E-state index in [1.54, 1.807) is 12.3 Å². The Morgan fingerprint density at radius 2 is 1.86 bits per heavy atom. The van der Waals surface area contributed by atoms with Crippen molar-refractivity contribution in [2.24, 2.45) is 4.99 Å². The molecule has 5 rings (SSSR count). The lowest BCUT2D eigenvalue weighted by Gasteiger charge is -2.23. The first kappa shape index (κ1) is 24.3. The number of fused-ring (bicyclic) bond motifs is 1. The molecule has 0 unspecified atom stereocenters. The van der Waals surface area contributed by atoms with Crippen molar-refractivity contribution >= 4 is 17.2 Å². The summed E-state index contributed by atoms with van der Waals surface area (Å²) in [6.07, 6.45) is 5.38. The van der Waals surface area contributed by atoms with Crippen LogP contribution in [0.2, 0.25) is 0 Å². The Kier molecular flexibility index (Phi) is 7.84. The van der Waals surface area contributed by atoms with Crippen molar-refractivity contribution in [3.8, 4) is 5.75 Å². The zero-order valence-electron chi connectivity index (χ0n) is 21.0. The molecule has 2 aromatic carbocycles. The van der Waals surface area contributed by atoms with E-state index in [2.05, 4.69) is 58.5 Å². The first-order chi connectivity index (χ1) is 17.7. The average Bonchev–Trinajstić information content (AvgIpc) is 3.37. The molecule has 6 heteroatoms. The van der Waals surface area contributed by atoms with Gasteiger partial charge in [-0.15, -0.1) is 0 Å². The monoisotopic (exact) mass is 482 g/mol. The lowest BCUT2D eigenvalue weighted by Crippen LogP contribution is -2.37. The molecule has 1 N–H and O–H groups in total. The average molecular weight is 483 g/mol. The van der Waals surface area contributed by atoms with Gasteiger partial charge in [-0.3, -0.25) is 19.7 Å². The lowest BCUT2D eigenvalue weighted by atomic mass is 10.00. The third kappa shape index (κ3) is 5.89. The number of likely N-dealkylation sites (N-methyl/N-ethyl adjacent to an activating group) is 1. The number of aliphatic imine (C=N–C) groups is 1. The number of aromatic nitrogens is 1. The molecule has 186 valence electrons. The predicted molar refractivity (Wildman–Crippen MR) is 143 cm³/mol. The summed E-state index contributed by atoms with van der Waals surface area (Å²) in [6.45, 7) is 6.30. The number of hydrogen-bond acceptors (Lipinski definition) is 6. The summed E-state index contributed by atoms with van der Waals surface area (Å²) in [6, 6.07) is 20.9. The molecule has 36 heavy (non-hydrogen) atoms. The number of pyridine rings is 1. The van der Waals surface area contributed by atoms with Crippen LogP contribution in [-0.2, 0) is 13.0 Å². The largest absolute Gasteiger partial charge is 0.488 e. The van der Waals surface area contributed by atoms with Crippen LogP contribution in [0.25, 0.3) is 0 Å². The summed E-state index contributed by atoms with van der Waals surface area (Å²) in [5, 5.41) is 3.55. The van der Waals surface area contributed by atoms with Crippen LogP contribution in [0.3, 0.4) is 0 Å². The van der Waals surface area contributed by atoms with Gasteiger partial charge in [0.25, 0.3) is 0 Å². The molecule has 6 nitrogen and oxygen atoms in total. The molecule has 3 aromatic rings. The van der Waals surface area contributed by atoms with Crippen LogP contribution in [0.15, 0.2) is 71.9 Å². The van der Waals surface area contributed by atoms with Gasteiger partial charge in [-0.2, -0.15) is 0 Å². The van der Waals surface area contributed by atoms with Crippen molar-refractivity contribution in [3.05, 3.63) is 89.2 Å². The summed E-state index contributed by atoms with van der Waals surface area (Å²) < 4.78 is 6.00. The van der Waals surface area contributed by atoms with Crippen LogP contribution in [0.4, 0.5) is 5.69 Å². The maximum Gasteiger partial charge on any atom is 0.170 e. The van der Waals surface area contributed by atoms with Gasteiger partial charge in [-0.25, -0.2) is 0 Å². The smallest absolute Gasteiger partial charge is 0.170 e. The van der Waals surface area contributed by atoms with Crippen molar-refractivity contribution in [2.75, 3.05) is 26.2 Å². The summed E-state index contributed by atoms with van der Waals surface area (Å²) in [5.74, 6) is 0.853. The molecule has 0 aliphatic carbocycles. The number of likely N-dealkylation sites (tertiary alicyclic amines) is 1. The third-order valence-corrected chi connectivity index (χ3v) is 7.09. The second-order valence-corrected chi connectivity index (χ2v) is 9.58. The molecule has 0 saturated carbocycles. The number of carbonyl (C=O) groups excluding carboxylic acids is 1. The number of nitrogens with one attached hydrogen (secondary N) is 1. The van der Waals surface area contributed by atoms with Gasteiger partial charge in [0.2, 0.25) is 0 Å². The Morgan fingerprint density at radius 3 is 2.67 bits per heavy atom. The van der Waals surface area contributed by atoms with Gasteiger partial charge >= 0.3 is 0 Å². The summed E-state index contributed by atoms with van der Waals surface area (Å²) in [4.78, 5) is 24.7. The van der Waals surface area contributed by atoms with E-state index in [0.717, 1.165) is 36.7 Å². The second kappa shape index (κ2) is 11.6. The molecule has 0 spiro atoms. The van der Waals surface area contributed by atoms with Gasteiger partial charge in [0, 0.05) is 30.9 Å². The number of ketones is 1. The number of ether oxygens (including phenoxy) is 1. The maximum absolute atomic E-state index is 12.9. The number of rotatable bonds is 10. The van der Waals surface area contributed by atoms with E-state index in [9.17, 15) is 4.79 Å². The molecule has 3 heterocycles. The second-order valence-electron chi connectivity index (χ2n) is 9.58. The van der Waals surface area contributed by atoms with E-state index in [-0.39, 0.29) is 12.2 Å². The summed E-state index contributed by atoms with van der Waals surface area (Å²) in [7, 11) is 0. The topological polar surface area (TPSA) is 66.8 Å². The fourth-order valence-electron chi connectivity index (χ4n) is 5.14. The van der Waals surface area contributed by atoms with E-state index in [1.165, 1.54) is 30.5 Å². The minimum absolute atomic E-state index is 0.0772. The van der Waals surface area contributed by atoms with Gasteiger partial charge in [0.05, 0.1) is 23.5 Å². The normalized spacial score (nSPS) is 17.6. The van der Waals surface area contributed by atoms with Crippen molar-refractivity contribution < 1.29 is 9.53 Å². The highest BCUT2D eigenvalue weighted by Gasteiger charge is 2.25. The van der Waals surface area contributed by atoms with E-state index in [4.69, 9.17) is 9.73 Å². The quantitative estimate of drug-likeness (QED) is 0.441. The standard InChI is InChI=1S/C30H34N4O2/c1-2-34-16-6-9-25(34)19-31-20-28-30-27(14-15-32-28)29(35)18-24(33-30)21-36-26-12-10-23(11-13-26)17-22-7-4-3-5-8-22/h3-5,7-8,10-15,25,31H,2,6,9,16-21H2,1H3/t25-/m1/s1. The van der Waals surface area contributed by atoms with E-state index >= 15 is 0 Å². The Hall–Kier alpha value is -3.35. The van der Waals surface area contributed by atoms with Crippen molar-refractivity contribution in [1.29, 1.82) is 0 Å². The van der Waals surface area contributed by atoms with E-state index < -0.39 is 0 Å². The molecule has 1 fully saturated rings. The molecule has 2 aliphatic rings. The fourth-order valence-corrected chi connectivity index (χ4v) is 5.14. The Labute approximate surface area is 213 Å². The predicted octanol–water partition coefficient (Wildman–Crippen LogP) is 4.98. The van der Waals surface area contributed by atoms with Gasteiger partial charge < -0.3 is 10.1 Å². The molecule has 0 amide bonds. The molecule has 0 radical (unpaired) electrons. The van der Waals surface area contributed by atoms with E-state index in [1.807, 2.05) is 18.2 Å². The van der Waals surface area contributed by atoms with Crippen molar-refractivity contribution in [3.63, 3.8) is 0 Å². The van der Waals surface area contributed by atoms with E-state index in [0.29, 0.717) is 30.4 Å². The minimum atomic E-state index is 0.0772. The highest BCUT2D eigenvalue weighted by Crippen LogP contribution is 2.29. The van der Waals surface area contributed by atoms with Crippen molar-refractivity contribution in [1.82, 2.24) is 15.2 Å². The van der Waals surface area contributed by atoms with Gasteiger partial charge in [0.1, 0.15) is 12.4 Å². The van der Waals surface area contributed by atoms with Crippen LogP contribution < -0.4 is 10.1 Å². The summed E-state index contributed by atoms with van der Waals surface area (Å²) in [5.41, 5.74) is 5.43. The Bertz CT molecular complexity index is 1210. The number of carbonyl (C=O) groups is 1. The number of hydrogen-bond donors (Lipinski definition) is 1. The number of nitrogens with zero attached hydrogens (tertiary/aromatic N) is 3. The first-order valence-corrected chi connectivity index (χ1v) is 13.0. The highest BCUT2D eigenvalue weighted by atomic mass is 16.5. The van der Waals surface area contributed by atoms with Crippen LogP contribution in [0.5, 0.6) is 5.75 Å².